The topological polar surface area (TPSA) is 89.5 Å². The van der Waals surface area contributed by atoms with Crippen molar-refractivity contribution in [1.29, 1.82) is 0 Å². The summed E-state index contributed by atoms with van der Waals surface area (Å²) in [5, 5.41) is 16.6. The third-order valence-corrected chi connectivity index (χ3v) is 3.71. The Hall–Kier alpha value is -1.73. The van der Waals surface area contributed by atoms with Crippen molar-refractivity contribution in [3.05, 3.63) is 28.2 Å². The summed E-state index contributed by atoms with van der Waals surface area (Å²) in [6.07, 6.45) is 1.97. The molecule has 1 aliphatic rings. The molecule has 116 valence electrons. The van der Waals surface area contributed by atoms with Gasteiger partial charge in [-0.15, -0.1) is 0 Å². The number of amides is 1. The molecule has 2 N–H and O–H groups in total. The first-order valence-corrected chi connectivity index (χ1v) is 7.12. The van der Waals surface area contributed by atoms with Gasteiger partial charge in [0.2, 0.25) is 0 Å². The lowest BCUT2D eigenvalue weighted by molar-refractivity contribution is 0.00303. The van der Waals surface area contributed by atoms with Gasteiger partial charge in [0.05, 0.1) is 5.60 Å². The van der Waals surface area contributed by atoms with E-state index in [4.69, 9.17) is 0 Å². The Kier molecular flexibility index (Phi) is 4.74. The molecule has 0 aromatic carbocycles. The molecule has 1 aromatic heterocycles. The second kappa shape index (κ2) is 6.36. The maximum Gasteiger partial charge on any atom is 0.274 e. The van der Waals surface area contributed by atoms with E-state index in [1.807, 2.05) is 19.0 Å². The van der Waals surface area contributed by atoms with Gasteiger partial charge in [0.1, 0.15) is 5.69 Å². The molecule has 1 fully saturated rings. The van der Waals surface area contributed by atoms with Gasteiger partial charge in [0, 0.05) is 25.7 Å². The highest BCUT2D eigenvalue weighted by Crippen LogP contribution is 2.23. The van der Waals surface area contributed by atoms with Gasteiger partial charge in [-0.25, -0.2) is 5.10 Å². The van der Waals surface area contributed by atoms with Crippen molar-refractivity contribution < 1.29 is 9.90 Å². The molecule has 1 aliphatic heterocycles. The Bertz CT molecular complexity index is 537. The summed E-state index contributed by atoms with van der Waals surface area (Å²) < 4.78 is 0. The maximum absolute atomic E-state index is 12.3. The number of H-pyrrole nitrogens is 1. The normalized spacial score (nSPS) is 23.1. The standard InChI is InChI=1S/C14H22N4O3/c1-17(2)10-14(21)6-3-8-18(9-7-14)13(20)11-4-5-12(19)16-15-11/h4-5,21H,3,6-10H2,1-2H3,(H,16,19)/t14-/m1/s1. The lowest BCUT2D eigenvalue weighted by Gasteiger charge is -2.29. The highest BCUT2D eigenvalue weighted by Gasteiger charge is 2.32. The van der Waals surface area contributed by atoms with Crippen molar-refractivity contribution in [2.75, 3.05) is 33.7 Å². The molecule has 0 bridgehead atoms. The van der Waals surface area contributed by atoms with E-state index in [1.165, 1.54) is 12.1 Å². The summed E-state index contributed by atoms with van der Waals surface area (Å²) in [6.45, 7) is 1.67. The number of likely N-dealkylation sites (N-methyl/N-ethyl adjacent to an activating group) is 1. The molecule has 1 aromatic rings. The van der Waals surface area contributed by atoms with Gasteiger partial charge in [-0.3, -0.25) is 9.59 Å². The van der Waals surface area contributed by atoms with Crippen molar-refractivity contribution in [2.45, 2.75) is 24.9 Å². The Morgan fingerprint density at radius 3 is 2.81 bits per heavy atom. The second-order valence-corrected chi connectivity index (χ2v) is 5.91. The number of carbonyl (C=O) groups is 1. The van der Waals surface area contributed by atoms with Crippen LogP contribution in [-0.2, 0) is 0 Å². The molecule has 2 rings (SSSR count). The number of aromatic nitrogens is 2. The number of hydrogen-bond acceptors (Lipinski definition) is 5. The zero-order chi connectivity index (χ0) is 15.5. The van der Waals surface area contributed by atoms with E-state index in [1.54, 1.807) is 4.90 Å². The van der Waals surface area contributed by atoms with E-state index in [-0.39, 0.29) is 17.2 Å². The summed E-state index contributed by atoms with van der Waals surface area (Å²) in [5.41, 5.74) is -0.854. The summed E-state index contributed by atoms with van der Waals surface area (Å²) in [7, 11) is 3.85. The molecule has 0 radical (unpaired) electrons. The zero-order valence-corrected chi connectivity index (χ0v) is 12.5. The third-order valence-electron chi connectivity index (χ3n) is 3.71. The highest BCUT2D eigenvalue weighted by molar-refractivity contribution is 5.92. The van der Waals surface area contributed by atoms with Crippen LogP contribution in [-0.4, -0.2) is 70.3 Å². The zero-order valence-electron chi connectivity index (χ0n) is 12.5. The number of nitrogens with one attached hydrogen (secondary N) is 1. The molecule has 2 heterocycles. The van der Waals surface area contributed by atoms with E-state index in [2.05, 4.69) is 10.2 Å². The van der Waals surface area contributed by atoms with Crippen molar-refractivity contribution >= 4 is 5.91 Å². The number of likely N-dealkylation sites (tertiary alicyclic amines) is 1. The van der Waals surface area contributed by atoms with Gasteiger partial charge in [-0.2, -0.15) is 5.10 Å². The molecular formula is C14H22N4O3. The smallest absolute Gasteiger partial charge is 0.274 e. The summed E-state index contributed by atoms with van der Waals surface area (Å²) in [4.78, 5) is 27.0. The minimum Gasteiger partial charge on any atom is -0.388 e. The Labute approximate surface area is 123 Å². The summed E-state index contributed by atoms with van der Waals surface area (Å²) >= 11 is 0. The van der Waals surface area contributed by atoms with Crippen LogP contribution in [0.3, 0.4) is 0 Å². The van der Waals surface area contributed by atoms with E-state index >= 15 is 0 Å². The molecule has 0 unspecified atom stereocenters. The highest BCUT2D eigenvalue weighted by atomic mass is 16.3. The van der Waals surface area contributed by atoms with Gasteiger partial charge >= 0.3 is 0 Å². The molecule has 0 saturated carbocycles. The number of aromatic amines is 1. The molecule has 1 amide bonds. The molecular weight excluding hydrogens is 272 g/mol. The Morgan fingerprint density at radius 1 is 1.43 bits per heavy atom. The molecule has 0 aliphatic carbocycles. The minimum absolute atomic E-state index is 0.208. The lowest BCUT2D eigenvalue weighted by atomic mass is 9.94. The number of hydrogen-bond donors (Lipinski definition) is 2. The monoisotopic (exact) mass is 294 g/mol. The van der Waals surface area contributed by atoms with Gasteiger partial charge in [0.15, 0.2) is 0 Å². The van der Waals surface area contributed by atoms with Crippen molar-refractivity contribution in [3.63, 3.8) is 0 Å². The van der Waals surface area contributed by atoms with Crippen molar-refractivity contribution in [2.24, 2.45) is 0 Å². The minimum atomic E-state index is -0.753. The van der Waals surface area contributed by atoms with Crippen LogP contribution in [0.2, 0.25) is 0 Å². The largest absolute Gasteiger partial charge is 0.388 e. The summed E-state index contributed by atoms with van der Waals surface area (Å²) in [5.74, 6) is -0.208. The van der Waals surface area contributed by atoms with Crippen molar-refractivity contribution in [3.8, 4) is 0 Å². The number of rotatable bonds is 3. The van der Waals surface area contributed by atoms with Crippen LogP contribution in [0.4, 0.5) is 0 Å². The first-order chi connectivity index (χ1) is 9.89. The maximum atomic E-state index is 12.3. The van der Waals surface area contributed by atoms with Crippen LogP contribution in [0.25, 0.3) is 0 Å². The fourth-order valence-electron chi connectivity index (χ4n) is 2.75. The molecule has 1 atom stereocenters. The van der Waals surface area contributed by atoms with Gasteiger partial charge in [0.25, 0.3) is 11.5 Å². The fraction of sp³-hybridized carbons (Fsp3) is 0.643. The van der Waals surface area contributed by atoms with Crippen LogP contribution < -0.4 is 5.56 Å². The molecule has 0 spiro atoms. The van der Waals surface area contributed by atoms with Gasteiger partial charge < -0.3 is 14.9 Å². The average Bonchev–Trinajstić information content (AvgIpc) is 2.60. The van der Waals surface area contributed by atoms with Gasteiger partial charge in [-0.1, -0.05) is 0 Å². The van der Waals surface area contributed by atoms with Crippen LogP contribution in [0.5, 0.6) is 0 Å². The molecule has 7 heteroatoms. The van der Waals surface area contributed by atoms with Crippen LogP contribution in [0.15, 0.2) is 16.9 Å². The number of carbonyl (C=O) groups excluding carboxylic acids is 1. The first-order valence-electron chi connectivity index (χ1n) is 7.12. The third kappa shape index (κ3) is 4.12. The van der Waals surface area contributed by atoms with Crippen molar-refractivity contribution in [1.82, 2.24) is 20.0 Å². The SMILES string of the molecule is CN(C)C[C@@]1(O)CCCN(C(=O)c2ccc(=O)[nH]n2)CC1. The number of aliphatic hydroxyl groups is 1. The Morgan fingerprint density at radius 2 is 2.19 bits per heavy atom. The van der Waals surface area contributed by atoms with Crippen LogP contribution in [0, 0.1) is 0 Å². The quantitative estimate of drug-likeness (QED) is 0.798. The Balaban J connectivity index is 2.04. The van der Waals surface area contributed by atoms with E-state index in [9.17, 15) is 14.7 Å². The molecule has 21 heavy (non-hydrogen) atoms. The van der Waals surface area contributed by atoms with E-state index in [0.29, 0.717) is 32.5 Å². The van der Waals surface area contributed by atoms with E-state index < -0.39 is 5.60 Å². The molecule has 1 saturated heterocycles. The van der Waals surface area contributed by atoms with Gasteiger partial charge in [-0.05, 0) is 39.4 Å². The predicted octanol–water partition coefficient (Wildman–Crippen LogP) is -0.311. The summed E-state index contributed by atoms with van der Waals surface area (Å²) in [6, 6.07) is 2.72. The van der Waals surface area contributed by atoms with E-state index in [0.717, 1.165) is 6.42 Å². The average molecular weight is 294 g/mol. The fourth-order valence-corrected chi connectivity index (χ4v) is 2.75. The number of nitrogens with zero attached hydrogens (tertiary/aromatic N) is 3. The molecule has 7 nitrogen and oxygen atoms in total. The van der Waals surface area contributed by atoms with Crippen LogP contribution >= 0.6 is 0 Å². The predicted molar refractivity (Wildman–Crippen MR) is 78.1 cm³/mol. The first kappa shape index (κ1) is 15.7. The van der Waals surface area contributed by atoms with Crippen LogP contribution in [0.1, 0.15) is 29.8 Å². The second-order valence-electron chi connectivity index (χ2n) is 5.91. The lowest BCUT2D eigenvalue weighted by Crippen LogP contribution is -2.41.